The Labute approximate surface area is 218 Å². The molecule has 35 heavy (non-hydrogen) atoms. The second kappa shape index (κ2) is 13.5. The largest absolute Gasteiger partial charge is 0.490 e. The van der Waals surface area contributed by atoms with Crippen molar-refractivity contribution in [1.29, 1.82) is 0 Å². The molecule has 3 aromatic rings. The molecule has 1 aliphatic heterocycles. The van der Waals surface area contributed by atoms with E-state index in [0.717, 1.165) is 36.8 Å². The van der Waals surface area contributed by atoms with Gasteiger partial charge in [-0.1, -0.05) is 54.1 Å². The van der Waals surface area contributed by atoms with Crippen LogP contribution >= 0.6 is 24.0 Å². The molecule has 1 aliphatic rings. The third-order valence-corrected chi connectivity index (χ3v) is 6.39. The molecule has 0 amide bonds. The fourth-order valence-electron chi connectivity index (χ4n) is 4.24. The number of rotatable bonds is 10. The third kappa shape index (κ3) is 7.97. The van der Waals surface area contributed by atoms with Crippen LogP contribution in [0.25, 0.3) is 0 Å². The molecule has 0 radical (unpaired) electrons. The van der Waals surface area contributed by atoms with Crippen molar-refractivity contribution in [3.05, 3.63) is 95.0 Å². The zero-order valence-corrected chi connectivity index (χ0v) is 21.3. The number of hydrogen-bond donors (Lipinski definition) is 1. The number of anilines is 1. The highest BCUT2D eigenvalue weighted by Gasteiger charge is 2.20. The van der Waals surface area contributed by atoms with Crippen molar-refractivity contribution >= 4 is 35.5 Å². The number of para-hydroxylation sites is 1. The van der Waals surface area contributed by atoms with Crippen LogP contribution in [-0.4, -0.2) is 61.2 Å². The molecule has 0 aliphatic carbocycles. The lowest BCUT2D eigenvalue weighted by atomic mass is 10.0. The molecule has 1 N–H and O–H groups in total. The summed E-state index contributed by atoms with van der Waals surface area (Å²) in [7, 11) is 0. The van der Waals surface area contributed by atoms with Gasteiger partial charge in [0.05, 0.1) is 5.56 Å². The quantitative estimate of drug-likeness (QED) is 0.379. The standard InChI is InChI=1S/C28H31ClN2O3.ClH/c29-23-11-13-24(14-12-23)31-18-16-30(17-19-31)20-25(32)21-34-28-9-5-4-8-26(28)27(33)15-10-22-6-2-1-3-7-22;/h1-9,11-14,25,32H,10,15-21H2;1H. The van der Waals surface area contributed by atoms with E-state index in [0.29, 0.717) is 30.7 Å². The number of hydrogen-bond acceptors (Lipinski definition) is 5. The molecule has 0 bridgehead atoms. The van der Waals surface area contributed by atoms with Gasteiger partial charge in [0.1, 0.15) is 18.5 Å². The third-order valence-electron chi connectivity index (χ3n) is 6.14. The van der Waals surface area contributed by atoms with Gasteiger partial charge >= 0.3 is 0 Å². The van der Waals surface area contributed by atoms with Gasteiger partial charge in [0.25, 0.3) is 0 Å². The molecule has 1 atom stereocenters. The highest BCUT2D eigenvalue weighted by Crippen LogP contribution is 2.22. The Morgan fingerprint density at radius 2 is 1.57 bits per heavy atom. The Kier molecular flexibility index (Phi) is 10.4. The lowest BCUT2D eigenvalue weighted by molar-refractivity contribution is 0.0655. The summed E-state index contributed by atoms with van der Waals surface area (Å²) in [5.74, 6) is 0.583. The van der Waals surface area contributed by atoms with E-state index >= 15 is 0 Å². The predicted octanol–water partition coefficient (Wildman–Crippen LogP) is 5.14. The fraction of sp³-hybridized carbons (Fsp3) is 0.321. The second-order valence-corrected chi connectivity index (χ2v) is 9.07. The van der Waals surface area contributed by atoms with Gasteiger partial charge in [-0.25, -0.2) is 0 Å². The molecule has 0 aromatic heterocycles. The van der Waals surface area contributed by atoms with E-state index in [1.165, 1.54) is 5.69 Å². The molecular weight excluding hydrogens is 483 g/mol. The van der Waals surface area contributed by atoms with Crippen molar-refractivity contribution in [2.45, 2.75) is 18.9 Å². The van der Waals surface area contributed by atoms with Crippen molar-refractivity contribution in [1.82, 2.24) is 4.90 Å². The number of ketones is 1. The molecule has 0 saturated carbocycles. The number of β-amino-alcohol motifs (C(OH)–C–C–N with tert-alkyl or cyclic N) is 1. The number of piperazine rings is 1. The minimum absolute atomic E-state index is 0. The smallest absolute Gasteiger partial charge is 0.166 e. The fourth-order valence-corrected chi connectivity index (χ4v) is 4.36. The second-order valence-electron chi connectivity index (χ2n) is 8.63. The topological polar surface area (TPSA) is 53.0 Å². The van der Waals surface area contributed by atoms with Crippen LogP contribution in [0.2, 0.25) is 5.02 Å². The Balaban J connectivity index is 0.00000342. The van der Waals surface area contributed by atoms with E-state index in [1.54, 1.807) is 12.1 Å². The first kappa shape index (κ1) is 27.0. The summed E-state index contributed by atoms with van der Waals surface area (Å²) in [4.78, 5) is 17.4. The van der Waals surface area contributed by atoms with E-state index in [4.69, 9.17) is 16.3 Å². The Morgan fingerprint density at radius 1 is 0.914 bits per heavy atom. The van der Waals surface area contributed by atoms with Gasteiger partial charge in [0.2, 0.25) is 0 Å². The molecule has 4 rings (SSSR count). The van der Waals surface area contributed by atoms with E-state index < -0.39 is 6.10 Å². The van der Waals surface area contributed by atoms with Crippen LogP contribution in [0.1, 0.15) is 22.3 Å². The number of aliphatic hydroxyl groups excluding tert-OH is 1. The number of Topliss-reactive ketones (excluding diaryl/α,β-unsaturated/α-hetero) is 1. The SMILES string of the molecule is Cl.O=C(CCc1ccccc1)c1ccccc1OCC(O)CN1CCN(c2ccc(Cl)cc2)CC1. The summed E-state index contributed by atoms with van der Waals surface area (Å²) in [6.45, 7) is 4.23. The van der Waals surface area contributed by atoms with Crippen LogP contribution in [0.3, 0.4) is 0 Å². The van der Waals surface area contributed by atoms with Gasteiger partial charge in [-0.05, 0) is 48.4 Å². The first-order valence-electron chi connectivity index (χ1n) is 11.8. The predicted molar refractivity (Wildman–Crippen MR) is 144 cm³/mol. The van der Waals surface area contributed by atoms with Gasteiger partial charge in [0.15, 0.2) is 5.78 Å². The maximum absolute atomic E-state index is 12.8. The molecule has 1 unspecified atom stereocenters. The van der Waals surface area contributed by atoms with Crippen LogP contribution in [0, 0.1) is 0 Å². The summed E-state index contributed by atoms with van der Waals surface area (Å²) < 4.78 is 5.89. The highest BCUT2D eigenvalue weighted by atomic mass is 35.5. The minimum Gasteiger partial charge on any atom is -0.490 e. The van der Waals surface area contributed by atoms with Crippen molar-refractivity contribution in [2.75, 3.05) is 44.2 Å². The average Bonchev–Trinajstić information content (AvgIpc) is 2.88. The van der Waals surface area contributed by atoms with Crippen LogP contribution < -0.4 is 9.64 Å². The Hall–Kier alpha value is -2.57. The maximum Gasteiger partial charge on any atom is 0.166 e. The maximum atomic E-state index is 12.8. The zero-order chi connectivity index (χ0) is 23.8. The molecule has 5 nitrogen and oxygen atoms in total. The van der Waals surface area contributed by atoms with Crippen LogP contribution in [-0.2, 0) is 6.42 Å². The number of carbonyl (C=O) groups excluding carboxylic acids is 1. The molecule has 3 aromatic carbocycles. The molecular formula is C28H32Cl2N2O3. The average molecular weight is 515 g/mol. The van der Waals surface area contributed by atoms with Crippen LogP contribution in [0.5, 0.6) is 5.75 Å². The molecule has 0 spiro atoms. The normalized spacial score (nSPS) is 14.7. The van der Waals surface area contributed by atoms with E-state index in [2.05, 4.69) is 9.80 Å². The van der Waals surface area contributed by atoms with E-state index in [9.17, 15) is 9.90 Å². The van der Waals surface area contributed by atoms with Crippen LogP contribution in [0.4, 0.5) is 5.69 Å². The van der Waals surface area contributed by atoms with Gasteiger partial charge in [-0.15, -0.1) is 12.4 Å². The number of carbonyl (C=O) groups is 1. The molecule has 1 fully saturated rings. The van der Waals surface area contributed by atoms with Crippen molar-refractivity contribution < 1.29 is 14.6 Å². The summed E-state index contributed by atoms with van der Waals surface area (Å²) in [6, 6.07) is 25.2. The Bertz CT molecular complexity index is 1060. The summed E-state index contributed by atoms with van der Waals surface area (Å²) in [6.07, 6.45) is 0.485. The minimum atomic E-state index is -0.630. The highest BCUT2D eigenvalue weighted by molar-refractivity contribution is 6.30. The number of aliphatic hydroxyl groups is 1. The molecule has 1 saturated heterocycles. The van der Waals surface area contributed by atoms with Gasteiger partial charge < -0.3 is 14.7 Å². The number of aryl methyl sites for hydroxylation is 1. The summed E-state index contributed by atoms with van der Waals surface area (Å²) >= 11 is 5.99. The molecule has 7 heteroatoms. The Morgan fingerprint density at radius 3 is 2.29 bits per heavy atom. The van der Waals surface area contributed by atoms with E-state index in [-0.39, 0.29) is 24.8 Å². The lowest BCUT2D eigenvalue weighted by Crippen LogP contribution is -2.49. The monoisotopic (exact) mass is 514 g/mol. The summed E-state index contributed by atoms with van der Waals surface area (Å²) in [5.41, 5.74) is 2.88. The van der Waals surface area contributed by atoms with Crippen LogP contribution in [0.15, 0.2) is 78.9 Å². The van der Waals surface area contributed by atoms with Crippen molar-refractivity contribution in [3.63, 3.8) is 0 Å². The number of benzene rings is 3. The van der Waals surface area contributed by atoms with Crippen molar-refractivity contribution in [2.24, 2.45) is 0 Å². The number of halogens is 2. The lowest BCUT2D eigenvalue weighted by Gasteiger charge is -2.36. The molecule has 186 valence electrons. The van der Waals surface area contributed by atoms with Crippen molar-refractivity contribution in [3.8, 4) is 5.75 Å². The number of nitrogens with zero attached hydrogens (tertiary/aromatic N) is 2. The van der Waals surface area contributed by atoms with Gasteiger partial charge in [0, 0.05) is 49.9 Å². The first-order valence-corrected chi connectivity index (χ1v) is 12.2. The molecule has 1 heterocycles. The number of ether oxygens (including phenoxy) is 1. The van der Waals surface area contributed by atoms with Gasteiger partial charge in [-0.2, -0.15) is 0 Å². The van der Waals surface area contributed by atoms with E-state index in [1.807, 2.05) is 66.7 Å². The summed E-state index contributed by atoms with van der Waals surface area (Å²) in [5, 5.41) is 11.3. The van der Waals surface area contributed by atoms with Gasteiger partial charge in [-0.3, -0.25) is 9.69 Å². The first-order chi connectivity index (χ1) is 16.6. The zero-order valence-electron chi connectivity index (χ0n) is 19.7.